The summed E-state index contributed by atoms with van der Waals surface area (Å²) in [6.07, 6.45) is 6.65. The highest BCUT2D eigenvalue weighted by molar-refractivity contribution is 7.99. The summed E-state index contributed by atoms with van der Waals surface area (Å²) in [7, 11) is 0. The van der Waals surface area contributed by atoms with Crippen molar-refractivity contribution in [1.82, 2.24) is 5.43 Å². The Bertz CT molecular complexity index is 413. The zero-order valence-electron chi connectivity index (χ0n) is 12.1. The third kappa shape index (κ3) is 4.39. The second-order valence-electron chi connectivity index (χ2n) is 5.72. The molecule has 1 aromatic carbocycles. The highest BCUT2D eigenvalue weighted by Gasteiger charge is 2.27. The first kappa shape index (κ1) is 16.2. The number of hydrogen-bond acceptors (Lipinski definition) is 3. The average molecular weight is 313 g/mol. The number of hydrazine groups is 1. The van der Waals surface area contributed by atoms with Gasteiger partial charge in [-0.05, 0) is 36.8 Å². The highest BCUT2D eigenvalue weighted by Crippen LogP contribution is 2.35. The smallest absolute Gasteiger partial charge is 0.0541 e. The van der Waals surface area contributed by atoms with Crippen LogP contribution in [-0.4, -0.2) is 11.8 Å². The fourth-order valence-corrected chi connectivity index (χ4v) is 4.54. The minimum absolute atomic E-state index is 0.380. The van der Waals surface area contributed by atoms with Crippen molar-refractivity contribution in [2.24, 2.45) is 17.7 Å². The van der Waals surface area contributed by atoms with Crippen LogP contribution in [0.15, 0.2) is 29.2 Å². The van der Waals surface area contributed by atoms with Gasteiger partial charge in [-0.2, -0.15) is 0 Å². The van der Waals surface area contributed by atoms with Crippen LogP contribution in [-0.2, 0) is 0 Å². The first-order valence-electron chi connectivity index (χ1n) is 7.58. The fraction of sp³-hybridized carbons (Fsp3) is 0.625. The van der Waals surface area contributed by atoms with Gasteiger partial charge in [-0.3, -0.25) is 11.3 Å². The molecule has 2 nitrogen and oxygen atoms in total. The lowest BCUT2D eigenvalue weighted by Crippen LogP contribution is -2.44. The van der Waals surface area contributed by atoms with Gasteiger partial charge in [0.2, 0.25) is 0 Å². The molecular weight excluding hydrogens is 288 g/mol. The van der Waals surface area contributed by atoms with E-state index in [4.69, 9.17) is 17.4 Å². The molecule has 0 amide bonds. The summed E-state index contributed by atoms with van der Waals surface area (Å²) in [5.41, 5.74) is 3.04. The summed E-state index contributed by atoms with van der Waals surface area (Å²) >= 11 is 8.02. The SMILES string of the molecule is CCC1CCCC(C(CSc2ccccc2Cl)NN)C1. The van der Waals surface area contributed by atoms with Gasteiger partial charge in [0.05, 0.1) is 5.02 Å². The molecule has 3 unspecified atom stereocenters. The number of nitrogens with one attached hydrogen (secondary N) is 1. The number of thioether (sulfide) groups is 1. The lowest BCUT2D eigenvalue weighted by Gasteiger charge is -2.33. The van der Waals surface area contributed by atoms with Gasteiger partial charge in [0, 0.05) is 16.7 Å². The molecule has 1 aliphatic carbocycles. The van der Waals surface area contributed by atoms with Crippen LogP contribution in [0.3, 0.4) is 0 Å². The van der Waals surface area contributed by atoms with Crippen molar-refractivity contribution in [3.8, 4) is 0 Å². The average Bonchev–Trinajstić information content (AvgIpc) is 2.50. The van der Waals surface area contributed by atoms with Crippen LogP contribution in [0.25, 0.3) is 0 Å². The molecule has 4 heteroatoms. The van der Waals surface area contributed by atoms with E-state index < -0.39 is 0 Å². The van der Waals surface area contributed by atoms with Crippen molar-refractivity contribution in [2.75, 3.05) is 5.75 Å². The van der Waals surface area contributed by atoms with E-state index in [9.17, 15) is 0 Å². The highest BCUT2D eigenvalue weighted by atomic mass is 35.5. The van der Waals surface area contributed by atoms with Gasteiger partial charge in [0.25, 0.3) is 0 Å². The molecule has 1 saturated carbocycles. The molecule has 0 radical (unpaired) electrons. The van der Waals surface area contributed by atoms with Crippen LogP contribution in [0.5, 0.6) is 0 Å². The number of halogens is 1. The van der Waals surface area contributed by atoms with Crippen LogP contribution in [0, 0.1) is 11.8 Å². The predicted molar refractivity (Wildman–Crippen MR) is 89.0 cm³/mol. The monoisotopic (exact) mass is 312 g/mol. The minimum Gasteiger partial charge on any atom is -0.271 e. The van der Waals surface area contributed by atoms with E-state index >= 15 is 0 Å². The summed E-state index contributed by atoms with van der Waals surface area (Å²) in [6, 6.07) is 8.41. The Morgan fingerprint density at radius 3 is 2.90 bits per heavy atom. The van der Waals surface area contributed by atoms with Crippen LogP contribution >= 0.6 is 23.4 Å². The number of benzene rings is 1. The first-order valence-corrected chi connectivity index (χ1v) is 8.94. The van der Waals surface area contributed by atoms with Gasteiger partial charge in [0.1, 0.15) is 0 Å². The maximum atomic E-state index is 6.21. The molecule has 1 aromatic rings. The second-order valence-corrected chi connectivity index (χ2v) is 7.18. The molecule has 0 aromatic heterocycles. The lowest BCUT2D eigenvalue weighted by atomic mass is 9.77. The van der Waals surface area contributed by atoms with E-state index in [1.807, 2.05) is 30.0 Å². The largest absolute Gasteiger partial charge is 0.271 e. The normalized spacial score (nSPS) is 24.6. The molecule has 2 rings (SSSR count). The van der Waals surface area contributed by atoms with Gasteiger partial charge in [-0.25, -0.2) is 0 Å². The molecule has 0 saturated heterocycles. The fourth-order valence-electron chi connectivity index (χ4n) is 3.13. The zero-order chi connectivity index (χ0) is 14.4. The Morgan fingerprint density at radius 1 is 1.40 bits per heavy atom. The molecule has 0 spiro atoms. The third-order valence-corrected chi connectivity index (χ3v) is 6.07. The Labute approximate surface area is 131 Å². The topological polar surface area (TPSA) is 38.0 Å². The molecule has 0 heterocycles. The van der Waals surface area contributed by atoms with Gasteiger partial charge in [-0.1, -0.05) is 49.9 Å². The number of nitrogens with two attached hydrogens (primary N) is 1. The standard InChI is InChI=1S/C16H25ClN2S/c1-2-12-6-5-7-13(10-12)15(19-18)11-20-16-9-4-3-8-14(16)17/h3-4,8-9,12-13,15,19H,2,5-7,10-11,18H2,1H3. The van der Waals surface area contributed by atoms with E-state index in [2.05, 4.69) is 18.4 Å². The Balaban J connectivity index is 1.90. The molecule has 112 valence electrons. The molecule has 1 fully saturated rings. The number of hydrogen-bond donors (Lipinski definition) is 2. The van der Waals surface area contributed by atoms with Crippen molar-refractivity contribution in [3.63, 3.8) is 0 Å². The molecule has 0 aliphatic heterocycles. The molecule has 0 bridgehead atoms. The summed E-state index contributed by atoms with van der Waals surface area (Å²) in [6.45, 7) is 2.30. The van der Waals surface area contributed by atoms with Gasteiger partial charge >= 0.3 is 0 Å². The summed E-state index contributed by atoms with van der Waals surface area (Å²) in [5, 5.41) is 0.836. The minimum atomic E-state index is 0.380. The first-order chi connectivity index (χ1) is 9.74. The van der Waals surface area contributed by atoms with Gasteiger partial charge < -0.3 is 0 Å². The lowest BCUT2D eigenvalue weighted by molar-refractivity contribution is 0.219. The molecule has 20 heavy (non-hydrogen) atoms. The predicted octanol–water partition coefficient (Wildman–Crippen LogP) is 4.48. The number of rotatable bonds is 6. The van der Waals surface area contributed by atoms with E-state index in [0.29, 0.717) is 12.0 Å². The van der Waals surface area contributed by atoms with Crippen LogP contribution in [0.1, 0.15) is 39.0 Å². The molecular formula is C16H25ClN2S. The third-order valence-electron chi connectivity index (χ3n) is 4.44. The van der Waals surface area contributed by atoms with Crippen LogP contribution in [0.2, 0.25) is 5.02 Å². The summed E-state index contributed by atoms with van der Waals surface area (Å²) < 4.78 is 0. The maximum absolute atomic E-state index is 6.21. The molecule has 3 N–H and O–H groups in total. The van der Waals surface area contributed by atoms with E-state index in [0.717, 1.165) is 21.6 Å². The van der Waals surface area contributed by atoms with Crippen molar-refractivity contribution in [3.05, 3.63) is 29.3 Å². The Morgan fingerprint density at radius 2 is 2.20 bits per heavy atom. The van der Waals surface area contributed by atoms with Crippen molar-refractivity contribution >= 4 is 23.4 Å². The van der Waals surface area contributed by atoms with E-state index in [-0.39, 0.29) is 0 Å². The van der Waals surface area contributed by atoms with Gasteiger partial charge in [-0.15, -0.1) is 11.8 Å². The van der Waals surface area contributed by atoms with Crippen LogP contribution in [0.4, 0.5) is 0 Å². The van der Waals surface area contributed by atoms with Gasteiger partial charge in [0.15, 0.2) is 0 Å². The Hall–Kier alpha value is -0.220. The summed E-state index contributed by atoms with van der Waals surface area (Å²) in [4.78, 5) is 1.15. The summed E-state index contributed by atoms with van der Waals surface area (Å²) in [5.74, 6) is 8.37. The maximum Gasteiger partial charge on any atom is 0.0541 e. The second kappa shape index (κ2) is 8.28. The van der Waals surface area contributed by atoms with Crippen molar-refractivity contribution in [1.29, 1.82) is 0 Å². The Kier molecular flexibility index (Phi) is 6.69. The van der Waals surface area contributed by atoms with Crippen LogP contribution < -0.4 is 11.3 Å². The molecule has 3 atom stereocenters. The zero-order valence-corrected chi connectivity index (χ0v) is 13.7. The van der Waals surface area contributed by atoms with Crippen molar-refractivity contribution in [2.45, 2.75) is 50.0 Å². The molecule has 1 aliphatic rings. The van der Waals surface area contributed by atoms with E-state index in [1.165, 1.54) is 32.1 Å². The van der Waals surface area contributed by atoms with E-state index in [1.54, 1.807) is 0 Å². The van der Waals surface area contributed by atoms with Crippen molar-refractivity contribution < 1.29 is 0 Å². The quantitative estimate of drug-likeness (QED) is 0.462.